The molecule has 0 aromatic heterocycles. The van der Waals surface area contributed by atoms with Gasteiger partial charge in [-0.25, -0.2) is 12.8 Å². The first kappa shape index (κ1) is 16.2. The van der Waals surface area contributed by atoms with Crippen LogP contribution in [0.1, 0.15) is 25.7 Å². The summed E-state index contributed by atoms with van der Waals surface area (Å²) in [5.41, 5.74) is 0. The molecule has 0 saturated carbocycles. The van der Waals surface area contributed by atoms with Crippen molar-refractivity contribution in [2.75, 3.05) is 11.9 Å². The highest BCUT2D eigenvalue weighted by molar-refractivity contribution is 9.09. The Morgan fingerprint density at radius 1 is 1.35 bits per heavy atom. The summed E-state index contributed by atoms with van der Waals surface area (Å²) < 4.78 is 40.3. The number of benzene rings is 1. The van der Waals surface area contributed by atoms with Crippen molar-refractivity contribution in [3.05, 3.63) is 29.0 Å². The lowest BCUT2D eigenvalue weighted by Gasteiger charge is -2.28. The number of halogens is 3. The van der Waals surface area contributed by atoms with Crippen LogP contribution < -0.4 is 0 Å². The lowest BCUT2D eigenvalue weighted by atomic mass is 10.1. The second kappa shape index (κ2) is 6.73. The van der Waals surface area contributed by atoms with Crippen LogP contribution in [0.25, 0.3) is 0 Å². The zero-order valence-corrected chi connectivity index (χ0v) is 14.0. The Labute approximate surface area is 132 Å². The van der Waals surface area contributed by atoms with Crippen molar-refractivity contribution < 1.29 is 12.8 Å². The van der Waals surface area contributed by atoms with Gasteiger partial charge < -0.3 is 0 Å². The number of hydrogen-bond donors (Lipinski definition) is 0. The van der Waals surface area contributed by atoms with Crippen molar-refractivity contribution in [2.45, 2.75) is 36.6 Å². The van der Waals surface area contributed by atoms with Crippen molar-refractivity contribution >= 4 is 37.6 Å². The van der Waals surface area contributed by atoms with Gasteiger partial charge in [0.15, 0.2) is 0 Å². The molecule has 7 heteroatoms. The maximum absolute atomic E-state index is 13.4. The van der Waals surface area contributed by atoms with E-state index in [9.17, 15) is 12.8 Å². The second-order valence-corrected chi connectivity index (χ2v) is 7.76. The van der Waals surface area contributed by atoms with Crippen LogP contribution in [-0.4, -0.2) is 30.6 Å². The molecule has 0 radical (unpaired) electrons. The first-order valence-electron chi connectivity index (χ1n) is 6.49. The fourth-order valence-corrected chi connectivity index (χ4v) is 5.47. The molecule has 1 heterocycles. The number of nitrogens with zero attached hydrogens (tertiary/aromatic N) is 1. The van der Waals surface area contributed by atoms with Gasteiger partial charge >= 0.3 is 0 Å². The summed E-state index contributed by atoms with van der Waals surface area (Å²) in [6, 6.07) is 3.33. The third kappa shape index (κ3) is 3.35. The van der Waals surface area contributed by atoms with E-state index < -0.39 is 15.8 Å². The lowest BCUT2D eigenvalue weighted by molar-refractivity contribution is 0.347. The van der Waals surface area contributed by atoms with Crippen LogP contribution in [0.15, 0.2) is 23.1 Å². The molecular weight excluding hydrogens is 369 g/mol. The van der Waals surface area contributed by atoms with E-state index >= 15 is 0 Å². The van der Waals surface area contributed by atoms with Crippen molar-refractivity contribution in [3.63, 3.8) is 0 Å². The Balaban J connectivity index is 2.44. The summed E-state index contributed by atoms with van der Waals surface area (Å²) in [5, 5.41) is 0.628. The minimum absolute atomic E-state index is 0.0592. The molecule has 1 aromatic rings. The van der Waals surface area contributed by atoms with Crippen LogP contribution in [0.2, 0.25) is 5.02 Å². The Bertz CT molecular complexity index is 582. The van der Waals surface area contributed by atoms with Gasteiger partial charge in [0.05, 0.1) is 5.02 Å². The monoisotopic (exact) mass is 383 g/mol. The molecule has 112 valence electrons. The standard InChI is InChI=1S/C13H16BrClFNO2S/c14-9-11-4-2-1-3-7-17(11)20(18,19)13-8-10(16)5-6-12(13)15/h5-6,8,11H,1-4,7,9H2. The van der Waals surface area contributed by atoms with E-state index in [0.717, 1.165) is 37.8 Å². The van der Waals surface area contributed by atoms with Crippen LogP contribution in [0.5, 0.6) is 0 Å². The summed E-state index contributed by atoms with van der Waals surface area (Å²) >= 11 is 9.32. The maximum Gasteiger partial charge on any atom is 0.244 e. The van der Waals surface area contributed by atoms with Crippen LogP contribution in [0, 0.1) is 5.82 Å². The largest absolute Gasteiger partial charge is 0.244 e. The molecule has 1 aliphatic rings. The molecule has 0 N–H and O–H groups in total. The van der Waals surface area contributed by atoms with Gasteiger partial charge in [-0.05, 0) is 31.0 Å². The minimum Gasteiger partial charge on any atom is -0.207 e. The maximum atomic E-state index is 13.4. The number of rotatable bonds is 3. The van der Waals surface area contributed by atoms with E-state index in [1.807, 2.05) is 0 Å². The van der Waals surface area contributed by atoms with Gasteiger partial charge in [0.25, 0.3) is 0 Å². The molecule has 1 fully saturated rings. The molecule has 1 unspecified atom stereocenters. The van der Waals surface area contributed by atoms with E-state index in [-0.39, 0.29) is 16.0 Å². The molecule has 0 aliphatic carbocycles. The highest BCUT2D eigenvalue weighted by Crippen LogP contribution is 2.30. The molecule has 20 heavy (non-hydrogen) atoms. The molecule has 0 bridgehead atoms. The van der Waals surface area contributed by atoms with Crippen molar-refractivity contribution in [1.82, 2.24) is 4.31 Å². The van der Waals surface area contributed by atoms with E-state index in [2.05, 4.69) is 15.9 Å². The molecule has 1 atom stereocenters. The zero-order valence-electron chi connectivity index (χ0n) is 10.9. The number of hydrogen-bond acceptors (Lipinski definition) is 2. The van der Waals surface area contributed by atoms with Crippen LogP contribution in [0.4, 0.5) is 4.39 Å². The molecule has 1 aromatic carbocycles. The normalized spacial score (nSPS) is 21.6. The molecule has 0 amide bonds. The highest BCUT2D eigenvalue weighted by Gasteiger charge is 2.33. The van der Waals surface area contributed by atoms with E-state index in [1.54, 1.807) is 0 Å². The van der Waals surface area contributed by atoms with Crippen molar-refractivity contribution in [3.8, 4) is 0 Å². The molecule has 1 aliphatic heterocycles. The van der Waals surface area contributed by atoms with Gasteiger partial charge in [0, 0.05) is 17.9 Å². The average Bonchev–Trinajstić information content (AvgIpc) is 2.66. The average molecular weight is 385 g/mol. The lowest BCUT2D eigenvalue weighted by Crippen LogP contribution is -2.41. The van der Waals surface area contributed by atoms with Crippen LogP contribution in [0.3, 0.4) is 0 Å². The van der Waals surface area contributed by atoms with E-state index in [1.165, 1.54) is 10.4 Å². The zero-order chi connectivity index (χ0) is 14.8. The number of alkyl halides is 1. The topological polar surface area (TPSA) is 37.4 Å². The van der Waals surface area contributed by atoms with Gasteiger partial charge in [-0.15, -0.1) is 0 Å². The second-order valence-electron chi connectivity index (χ2n) is 4.85. The summed E-state index contributed by atoms with van der Waals surface area (Å²) in [6.07, 6.45) is 3.62. The fraction of sp³-hybridized carbons (Fsp3) is 0.538. The molecule has 2 rings (SSSR count). The summed E-state index contributed by atoms with van der Waals surface area (Å²) in [7, 11) is -3.77. The highest BCUT2D eigenvalue weighted by atomic mass is 79.9. The Morgan fingerprint density at radius 3 is 2.80 bits per heavy atom. The minimum atomic E-state index is -3.77. The van der Waals surface area contributed by atoms with Gasteiger partial charge in [0.2, 0.25) is 10.0 Å². The van der Waals surface area contributed by atoms with Gasteiger partial charge in [-0.2, -0.15) is 4.31 Å². The molecule has 3 nitrogen and oxygen atoms in total. The SMILES string of the molecule is O=S(=O)(c1cc(F)ccc1Cl)N1CCCCCC1CBr. The Morgan fingerprint density at radius 2 is 2.10 bits per heavy atom. The van der Waals surface area contributed by atoms with Crippen molar-refractivity contribution in [2.24, 2.45) is 0 Å². The van der Waals surface area contributed by atoms with Gasteiger partial charge in [-0.3, -0.25) is 0 Å². The van der Waals surface area contributed by atoms with E-state index in [0.29, 0.717) is 11.9 Å². The van der Waals surface area contributed by atoms with Gasteiger partial charge in [-0.1, -0.05) is 40.4 Å². The first-order chi connectivity index (χ1) is 9.46. The smallest absolute Gasteiger partial charge is 0.207 e. The van der Waals surface area contributed by atoms with Gasteiger partial charge in [0.1, 0.15) is 10.7 Å². The van der Waals surface area contributed by atoms with E-state index in [4.69, 9.17) is 11.6 Å². The third-order valence-electron chi connectivity index (χ3n) is 3.48. The van der Waals surface area contributed by atoms with Crippen molar-refractivity contribution in [1.29, 1.82) is 0 Å². The molecular formula is C13H16BrClFNO2S. The predicted molar refractivity (Wildman–Crippen MR) is 81.4 cm³/mol. The fourth-order valence-electron chi connectivity index (χ4n) is 2.42. The quantitative estimate of drug-likeness (QED) is 0.743. The first-order valence-corrected chi connectivity index (χ1v) is 9.43. The summed E-state index contributed by atoms with van der Waals surface area (Å²) in [5.74, 6) is -0.599. The summed E-state index contributed by atoms with van der Waals surface area (Å²) in [6.45, 7) is 0.450. The predicted octanol–water partition coefficient (Wildman–Crippen LogP) is 3.81. The Kier molecular flexibility index (Phi) is 5.45. The Hall–Kier alpha value is -0.170. The van der Waals surface area contributed by atoms with Crippen LogP contribution in [-0.2, 0) is 10.0 Å². The number of sulfonamides is 1. The molecule has 1 saturated heterocycles. The summed E-state index contributed by atoms with van der Waals surface area (Å²) in [4.78, 5) is -0.146. The third-order valence-corrected chi connectivity index (χ3v) is 6.66. The molecule has 0 spiro atoms. The van der Waals surface area contributed by atoms with Crippen LogP contribution >= 0.6 is 27.5 Å².